The minimum absolute atomic E-state index is 0.0634. The molecule has 2 saturated heterocycles. The molecule has 1 N–H and O–H groups in total. The maximum Gasteiger partial charge on any atom is 0.410 e. The Morgan fingerprint density at radius 3 is 2.48 bits per heavy atom. The van der Waals surface area contributed by atoms with Crippen molar-refractivity contribution in [2.45, 2.75) is 37.8 Å². The highest BCUT2D eigenvalue weighted by Gasteiger charge is 2.33. The Labute approximate surface area is 194 Å². The van der Waals surface area contributed by atoms with Crippen molar-refractivity contribution in [2.24, 2.45) is 5.92 Å². The molecule has 7 nitrogen and oxygen atoms in total. The molecule has 33 heavy (non-hydrogen) atoms. The molecule has 2 atom stereocenters. The summed E-state index contributed by atoms with van der Waals surface area (Å²) in [5.74, 6) is 2.54. The predicted octanol–water partition coefficient (Wildman–Crippen LogP) is 3.70. The van der Waals surface area contributed by atoms with Gasteiger partial charge in [-0.15, -0.1) is 0 Å². The normalized spacial score (nSPS) is 23.5. The number of para-hydroxylation sites is 2. The van der Waals surface area contributed by atoms with Crippen LogP contribution in [0.5, 0.6) is 17.2 Å². The number of amides is 1. The fourth-order valence-electron chi connectivity index (χ4n) is 5.06. The number of hydrogen-bond donors (Lipinski definition) is 1. The van der Waals surface area contributed by atoms with Crippen LogP contribution in [-0.4, -0.2) is 72.5 Å². The third-order valence-corrected chi connectivity index (χ3v) is 7.00. The summed E-state index contributed by atoms with van der Waals surface area (Å²) in [6, 6.07) is 15.1. The molecule has 2 aromatic carbocycles. The lowest BCUT2D eigenvalue weighted by molar-refractivity contribution is 0.0466. The maximum absolute atomic E-state index is 12.3. The van der Waals surface area contributed by atoms with Crippen molar-refractivity contribution >= 4 is 6.09 Å². The van der Waals surface area contributed by atoms with E-state index >= 15 is 0 Å². The first-order valence-electron chi connectivity index (χ1n) is 12.0. The number of carbonyl (C=O) groups excluding carboxylic acids is 1. The smallest absolute Gasteiger partial charge is 0.410 e. The highest BCUT2D eigenvalue weighted by atomic mass is 16.6. The van der Waals surface area contributed by atoms with Crippen molar-refractivity contribution in [3.05, 3.63) is 54.1 Å². The molecule has 7 heteroatoms. The fourth-order valence-corrected chi connectivity index (χ4v) is 5.06. The van der Waals surface area contributed by atoms with Crippen LogP contribution in [0.25, 0.3) is 0 Å². The van der Waals surface area contributed by atoms with Crippen LogP contribution in [0, 0.1) is 5.92 Å². The second-order valence-electron chi connectivity index (χ2n) is 9.32. The molecule has 0 saturated carbocycles. The van der Waals surface area contributed by atoms with Gasteiger partial charge in [0.1, 0.15) is 25.1 Å². The Kier molecular flexibility index (Phi) is 6.58. The van der Waals surface area contributed by atoms with E-state index in [4.69, 9.17) is 14.2 Å². The fraction of sp³-hybridized carbons (Fsp3) is 0.500. The molecule has 0 aromatic heterocycles. The summed E-state index contributed by atoms with van der Waals surface area (Å²) in [5, 5.41) is 9.48. The summed E-state index contributed by atoms with van der Waals surface area (Å²) in [6.07, 6.45) is 3.89. The van der Waals surface area contributed by atoms with E-state index in [1.54, 1.807) is 12.1 Å². The zero-order valence-electron chi connectivity index (χ0n) is 18.9. The minimum atomic E-state index is -0.203. The SMILES string of the molecule is O=C1OC[C@H](Cc2ccc(O)cc2)N1CCC1CCN(C[C@H]2COc3ccccc3O2)CC1. The largest absolute Gasteiger partial charge is 0.508 e. The number of aromatic hydroxyl groups is 1. The second kappa shape index (κ2) is 9.91. The predicted molar refractivity (Wildman–Crippen MR) is 124 cm³/mol. The van der Waals surface area contributed by atoms with Crippen LogP contribution in [-0.2, 0) is 11.2 Å². The van der Waals surface area contributed by atoms with Crippen molar-refractivity contribution in [1.82, 2.24) is 9.80 Å². The van der Waals surface area contributed by atoms with Crippen LogP contribution >= 0.6 is 0 Å². The van der Waals surface area contributed by atoms with Crippen LogP contribution < -0.4 is 9.47 Å². The molecule has 3 aliphatic rings. The lowest BCUT2D eigenvalue weighted by Crippen LogP contribution is -2.44. The van der Waals surface area contributed by atoms with E-state index in [0.717, 1.165) is 68.9 Å². The van der Waals surface area contributed by atoms with E-state index in [-0.39, 0.29) is 24.0 Å². The van der Waals surface area contributed by atoms with Gasteiger partial charge in [-0.1, -0.05) is 24.3 Å². The van der Waals surface area contributed by atoms with Crippen LogP contribution in [0.15, 0.2) is 48.5 Å². The van der Waals surface area contributed by atoms with Gasteiger partial charge in [-0.2, -0.15) is 0 Å². The number of hydrogen-bond acceptors (Lipinski definition) is 6. The Balaban J connectivity index is 1.06. The number of piperidine rings is 1. The third kappa shape index (κ3) is 5.36. The molecule has 3 aliphatic heterocycles. The molecule has 1 amide bonds. The Hall–Kier alpha value is -2.93. The number of cyclic esters (lactones) is 1. The average molecular weight is 453 g/mol. The number of phenols is 1. The number of rotatable bonds is 7. The van der Waals surface area contributed by atoms with Crippen LogP contribution in [0.4, 0.5) is 4.79 Å². The summed E-state index contributed by atoms with van der Waals surface area (Å²) in [7, 11) is 0. The zero-order chi connectivity index (χ0) is 22.6. The first-order chi connectivity index (χ1) is 16.1. The number of fused-ring (bicyclic) bond motifs is 1. The van der Waals surface area contributed by atoms with E-state index in [2.05, 4.69) is 4.90 Å². The summed E-state index contributed by atoms with van der Waals surface area (Å²) in [4.78, 5) is 16.7. The molecular formula is C26H32N2O5. The van der Waals surface area contributed by atoms with Gasteiger partial charge >= 0.3 is 6.09 Å². The lowest BCUT2D eigenvalue weighted by Gasteiger charge is -2.36. The van der Waals surface area contributed by atoms with Gasteiger partial charge in [0.15, 0.2) is 11.5 Å². The molecule has 0 spiro atoms. The molecular weight excluding hydrogens is 420 g/mol. The molecule has 2 aromatic rings. The summed E-state index contributed by atoms with van der Waals surface area (Å²) in [5.41, 5.74) is 1.10. The average Bonchev–Trinajstić information content (AvgIpc) is 3.19. The Bertz CT molecular complexity index is 942. The van der Waals surface area contributed by atoms with Crippen LogP contribution in [0.2, 0.25) is 0 Å². The Morgan fingerprint density at radius 2 is 1.70 bits per heavy atom. The first kappa shape index (κ1) is 21.9. The maximum atomic E-state index is 12.3. The molecule has 5 rings (SSSR count). The monoisotopic (exact) mass is 452 g/mol. The van der Waals surface area contributed by atoms with Gasteiger partial charge in [0.25, 0.3) is 0 Å². The van der Waals surface area contributed by atoms with Gasteiger partial charge < -0.3 is 24.2 Å². The number of likely N-dealkylation sites (tertiary alicyclic amines) is 1. The van der Waals surface area contributed by atoms with Crippen molar-refractivity contribution in [2.75, 3.05) is 39.4 Å². The molecule has 3 heterocycles. The van der Waals surface area contributed by atoms with Gasteiger partial charge in [-0.3, -0.25) is 4.90 Å². The minimum Gasteiger partial charge on any atom is -0.508 e. The number of ether oxygens (including phenoxy) is 3. The van der Waals surface area contributed by atoms with E-state index in [9.17, 15) is 9.90 Å². The molecule has 176 valence electrons. The van der Waals surface area contributed by atoms with Gasteiger partial charge in [0.2, 0.25) is 0 Å². The first-order valence-corrected chi connectivity index (χ1v) is 12.0. The zero-order valence-corrected chi connectivity index (χ0v) is 18.9. The van der Waals surface area contributed by atoms with Crippen molar-refractivity contribution in [3.63, 3.8) is 0 Å². The topological polar surface area (TPSA) is 71.5 Å². The van der Waals surface area contributed by atoms with Gasteiger partial charge in [-0.25, -0.2) is 4.79 Å². The van der Waals surface area contributed by atoms with Crippen molar-refractivity contribution < 1.29 is 24.1 Å². The Morgan fingerprint density at radius 1 is 0.939 bits per heavy atom. The number of nitrogens with zero attached hydrogens (tertiary/aromatic N) is 2. The van der Waals surface area contributed by atoms with Gasteiger partial charge in [0.05, 0.1) is 6.04 Å². The van der Waals surface area contributed by atoms with E-state index in [0.29, 0.717) is 19.1 Å². The molecule has 0 radical (unpaired) electrons. The standard InChI is InChI=1S/C26H32N2O5/c29-22-7-5-20(6-8-22)15-21-17-32-26(30)28(21)14-11-19-9-12-27(13-10-19)16-23-18-31-24-3-1-2-4-25(24)33-23/h1-8,19,21,23,29H,9-18H2/t21-,23-/m0/s1. The van der Waals surface area contributed by atoms with E-state index < -0.39 is 0 Å². The molecule has 0 aliphatic carbocycles. The summed E-state index contributed by atoms with van der Waals surface area (Å²) < 4.78 is 17.3. The van der Waals surface area contributed by atoms with E-state index in [1.165, 1.54) is 0 Å². The second-order valence-corrected chi connectivity index (χ2v) is 9.32. The van der Waals surface area contributed by atoms with Gasteiger partial charge in [-0.05, 0) is 74.5 Å². The molecule has 0 unspecified atom stereocenters. The van der Waals surface area contributed by atoms with Gasteiger partial charge in [0, 0.05) is 13.1 Å². The van der Waals surface area contributed by atoms with Crippen molar-refractivity contribution in [1.29, 1.82) is 0 Å². The quantitative estimate of drug-likeness (QED) is 0.691. The van der Waals surface area contributed by atoms with Crippen LogP contribution in [0.3, 0.4) is 0 Å². The molecule has 0 bridgehead atoms. The number of benzene rings is 2. The highest BCUT2D eigenvalue weighted by Crippen LogP contribution is 2.31. The van der Waals surface area contributed by atoms with Crippen molar-refractivity contribution in [3.8, 4) is 17.2 Å². The summed E-state index contributed by atoms with van der Waals surface area (Å²) in [6.45, 7) is 4.75. The summed E-state index contributed by atoms with van der Waals surface area (Å²) >= 11 is 0. The molecule has 2 fully saturated rings. The third-order valence-electron chi connectivity index (χ3n) is 7.00. The lowest BCUT2D eigenvalue weighted by atomic mass is 9.93. The highest BCUT2D eigenvalue weighted by molar-refractivity contribution is 5.70. The van der Waals surface area contributed by atoms with E-state index in [1.807, 2.05) is 41.3 Å². The van der Waals surface area contributed by atoms with Crippen LogP contribution in [0.1, 0.15) is 24.8 Å². The number of carbonyl (C=O) groups is 1. The number of phenolic OH excluding ortho intramolecular Hbond substituents is 1.